The Balaban J connectivity index is 5.83. The molecule has 0 unspecified atom stereocenters. The fraction of sp³-hybridized carbons (Fsp3) is 0.150. The van der Waals surface area contributed by atoms with Crippen molar-refractivity contribution in [2.45, 2.75) is 34.1 Å². The molecule has 6 heteroatoms. The first-order valence-electron chi connectivity index (χ1n) is 17.7. The van der Waals surface area contributed by atoms with Crippen molar-refractivity contribution < 1.29 is 28.6 Å². The minimum absolute atomic E-state index is 0.177. The highest BCUT2D eigenvalue weighted by Gasteiger charge is 2.34. The molecule has 0 aromatic carbocycles. The average Bonchev–Trinajstić information content (AvgIpc) is 3.32. The van der Waals surface area contributed by atoms with Gasteiger partial charge in [-0.2, -0.15) is 0 Å². The molecule has 0 amide bonds. The van der Waals surface area contributed by atoms with Crippen molar-refractivity contribution in [1.82, 2.24) is 0 Å². The zero-order chi connectivity index (χ0) is 48.1. The van der Waals surface area contributed by atoms with Crippen molar-refractivity contribution in [3.8, 4) is 284 Å². The first-order chi connectivity index (χ1) is 32.4. The molecule has 0 spiro atoms. The maximum atomic E-state index is 12.4. The van der Waals surface area contributed by atoms with E-state index in [4.69, 9.17) is 14.2 Å². The molecule has 0 saturated carbocycles. The lowest BCUT2D eigenvalue weighted by Gasteiger charge is -2.30. The van der Waals surface area contributed by atoms with Crippen molar-refractivity contribution >= 4 is 17.9 Å². The zero-order valence-corrected chi connectivity index (χ0v) is 35.3. The van der Waals surface area contributed by atoms with Crippen LogP contribution in [0.2, 0.25) is 0 Å². The molecule has 0 fully saturated rings. The SMILES string of the molecule is CC#CC#CC#CC#CC#CC#CC#CC#CC(=O)OCC(CC)(COC(=O)C#CC#CC#CC#CC#CC#CC#CC#CC)COC(=O)C#CC#CC#CC#CC#CC#CC#CC#CC. The average molecular weight is 837 g/mol. The van der Waals surface area contributed by atoms with Crippen LogP contribution < -0.4 is 0 Å². The second kappa shape index (κ2) is 42.5. The Morgan fingerprint density at radius 1 is 0.273 bits per heavy atom. The number of esters is 3. The van der Waals surface area contributed by atoms with Gasteiger partial charge in [-0.15, -0.1) is 0 Å². The minimum Gasteiger partial charge on any atom is -0.455 e. The predicted molar refractivity (Wildman–Crippen MR) is 249 cm³/mol. The van der Waals surface area contributed by atoms with Gasteiger partial charge >= 0.3 is 17.9 Å². The third kappa shape index (κ3) is 37.4. The van der Waals surface area contributed by atoms with Gasteiger partial charge in [0, 0.05) is 17.8 Å². The Morgan fingerprint density at radius 3 is 0.576 bits per heavy atom. The molecule has 0 radical (unpaired) electrons. The molecule has 0 N–H and O–H groups in total. The van der Waals surface area contributed by atoms with E-state index in [2.05, 4.69) is 284 Å². The number of carbonyl (C=O) groups is 3. The molecule has 0 bridgehead atoms. The molecule has 0 aromatic rings. The van der Waals surface area contributed by atoms with Crippen LogP contribution in [-0.2, 0) is 28.6 Å². The first-order valence-corrected chi connectivity index (χ1v) is 17.7. The van der Waals surface area contributed by atoms with Crippen LogP contribution in [0, 0.1) is 290 Å². The third-order valence-corrected chi connectivity index (χ3v) is 5.58. The first kappa shape index (κ1) is 53.8. The van der Waals surface area contributed by atoms with E-state index in [9.17, 15) is 14.4 Å². The number of hydrogen-bond donors (Lipinski definition) is 0. The van der Waals surface area contributed by atoms with Crippen LogP contribution in [0.4, 0.5) is 0 Å². The van der Waals surface area contributed by atoms with E-state index in [1.807, 2.05) is 0 Å². The Labute approximate surface area is 388 Å². The summed E-state index contributed by atoms with van der Waals surface area (Å²) in [4.78, 5) is 37.3. The quantitative estimate of drug-likeness (QED) is 0.166. The van der Waals surface area contributed by atoms with E-state index >= 15 is 0 Å². The Bertz CT molecular complexity index is 3210. The van der Waals surface area contributed by atoms with Crippen LogP contribution in [0.25, 0.3) is 0 Å². The lowest BCUT2D eigenvalue weighted by Crippen LogP contribution is -2.38. The van der Waals surface area contributed by atoms with Gasteiger partial charge in [0.25, 0.3) is 0 Å². The van der Waals surface area contributed by atoms with Crippen molar-refractivity contribution in [2.24, 2.45) is 5.41 Å². The predicted octanol–water partition coefficient (Wildman–Crippen LogP) is 1.15. The monoisotopic (exact) mass is 836 g/mol. The Kier molecular flexibility index (Phi) is 34.6. The van der Waals surface area contributed by atoms with Gasteiger partial charge in [-0.1, -0.05) is 24.7 Å². The van der Waals surface area contributed by atoms with Crippen LogP contribution in [0.3, 0.4) is 0 Å². The van der Waals surface area contributed by atoms with E-state index in [1.54, 1.807) is 27.7 Å². The number of ether oxygens (including phenoxy) is 3. The molecule has 0 aromatic heterocycles. The summed E-state index contributed by atoms with van der Waals surface area (Å²) in [5.41, 5.74) is -1.25. The number of carbonyl (C=O) groups excluding carboxylic acids is 3. The zero-order valence-electron chi connectivity index (χ0n) is 35.3. The van der Waals surface area contributed by atoms with Gasteiger partial charge in [0.2, 0.25) is 0 Å². The van der Waals surface area contributed by atoms with Crippen molar-refractivity contribution in [3.63, 3.8) is 0 Å². The van der Waals surface area contributed by atoms with Gasteiger partial charge in [0.1, 0.15) is 19.8 Å². The molecule has 0 atom stereocenters. The van der Waals surface area contributed by atoms with Crippen LogP contribution in [0.5, 0.6) is 0 Å². The maximum Gasteiger partial charge on any atom is 0.385 e. The summed E-state index contributed by atoms with van der Waals surface area (Å²) in [6.07, 6.45) is 0.177. The van der Waals surface area contributed by atoms with E-state index < -0.39 is 43.1 Å². The normalized spacial score (nSPS) is 5.82. The highest BCUT2D eigenvalue weighted by Crippen LogP contribution is 2.24. The van der Waals surface area contributed by atoms with Gasteiger partial charge in [0.05, 0.1) is 5.41 Å². The molecule has 0 aliphatic carbocycles. The van der Waals surface area contributed by atoms with Crippen LogP contribution >= 0.6 is 0 Å². The van der Waals surface area contributed by atoms with E-state index in [-0.39, 0.29) is 6.42 Å². The van der Waals surface area contributed by atoms with Gasteiger partial charge in [-0.3, -0.25) is 0 Å². The minimum atomic E-state index is -1.25. The van der Waals surface area contributed by atoms with Gasteiger partial charge < -0.3 is 14.2 Å². The molecule has 296 valence electrons. The number of hydrogen-bond acceptors (Lipinski definition) is 6. The molecular formula is C60H20O6. The van der Waals surface area contributed by atoms with E-state index in [0.717, 1.165) is 0 Å². The van der Waals surface area contributed by atoms with Crippen molar-refractivity contribution in [1.29, 1.82) is 0 Å². The summed E-state index contributed by atoms with van der Waals surface area (Å²) in [5, 5.41) is 0. The van der Waals surface area contributed by atoms with Crippen LogP contribution in [0.1, 0.15) is 34.1 Å². The van der Waals surface area contributed by atoms with Gasteiger partial charge in [-0.25, -0.2) is 14.4 Å². The fourth-order valence-corrected chi connectivity index (χ4v) is 2.75. The van der Waals surface area contributed by atoms with Crippen molar-refractivity contribution in [3.05, 3.63) is 0 Å². The smallest absolute Gasteiger partial charge is 0.385 e. The molecule has 6 nitrogen and oxygen atoms in total. The largest absolute Gasteiger partial charge is 0.455 e. The van der Waals surface area contributed by atoms with E-state index in [0.29, 0.717) is 0 Å². The fourth-order valence-electron chi connectivity index (χ4n) is 2.75. The Hall–Kier alpha value is -12.2. The van der Waals surface area contributed by atoms with Crippen LogP contribution in [0.15, 0.2) is 0 Å². The topological polar surface area (TPSA) is 78.9 Å². The molecule has 66 heavy (non-hydrogen) atoms. The molecule has 0 aliphatic rings. The summed E-state index contributed by atoms with van der Waals surface area (Å²) in [6.45, 7) is 5.44. The summed E-state index contributed by atoms with van der Waals surface area (Å²) >= 11 is 0. The number of rotatable bonds is 7. The third-order valence-electron chi connectivity index (χ3n) is 5.58. The van der Waals surface area contributed by atoms with Crippen LogP contribution in [-0.4, -0.2) is 37.7 Å². The molecule has 0 rings (SSSR count). The lowest BCUT2D eigenvalue weighted by molar-refractivity contribution is -0.154. The standard InChI is InChI=1S/C60H20O6/c1-5-9-12-15-18-21-24-27-30-33-36-39-42-45-48-51-57(61)64-54-60(8-4,55-65-58(62)52-49-46-43-40-37-34-31-28-25-22-19-16-13-10-6-2)56-66-59(63)53-50-47-44-41-38-35-32-29-26-23-20-17-14-11-7-3/h8,54-56H2,1-4H3. The molecule has 0 saturated heterocycles. The second-order valence-electron chi connectivity index (χ2n) is 9.96. The summed E-state index contributed by atoms with van der Waals surface area (Å²) in [7, 11) is 0. The highest BCUT2D eigenvalue weighted by atomic mass is 16.6. The summed E-state index contributed by atoms with van der Waals surface area (Å²) in [5.74, 6) is 114. The van der Waals surface area contributed by atoms with E-state index in [1.165, 1.54) is 0 Å². The maximum absolute atomic E-state index is 12.4. The molecule has 0 aliphatic heterocycles. The molecular weight excluding hydrogens is 817 g/mol. The Morgan fingerprint density at radius 2 is 0.424 bits per heavy atom. The summed E-state index contributed by atoms with van der Waals surface area (Å²) in [6, 6.07) is 0. The summed E-state index contributed by atoms with van der Waals surface area (Å²) < 4.78 is 15.8. The lowest BCUT2D eigenvalue weighted by atomic mass is 9.88. The molecule has 0 heterocycles. The van der Waals surface area contributed by atoms with Gasteiger partial charge in [0.15, 0.2) is 0 Å². The second-order valence-corrected chi connectivity index (χ2v) is 9.96. The van der Waals surface area contributed by atoms with Gasteiger partial charge in [-0.05, 0) is 276 Å². The highest BCUT2D eigenvalue weighted by molar-refractivity contribution is 5.90. The van der Waals surface area contributed by atoms with Crippen molar-refractivity contribution in [2.75, 3.05) is 19.8 Å².